The number of amides is 1. The molecule has 1 heterocycles. The van der Waals surface area contributed by atoms with Crippen LogP contribution in [0.15, 0.2) is 78.9 Å². The number of aliphatic carboxylic acids is 1. The third-order valence-electron chi connectivity index (χ3n) is 7.31. The van der Waals surface area contributed by atoms with Crippen LogP contribution in [-0.4, -0.2) is 50.6 Å². The molecule has 3 aromatic carbocycles. The van der Waals surface area contributed by atoms with Crippen molar-refractivity contribution in [2.24, 2.45) is 0 Å². The van der Waals surface area contributed by atoms with Crippen molar-refractivity contribution >= 4 is 17.6 Å². The minimum absolute atomic E-state index is 0.118. The van der Waals surface area contributed by atoms with E-state index < -0.39 is 30.4 Å². The Morgan fingerprint density at radius 2 is 1.61 bits per heavy atom. The van der Waals surface area contributed by atoms with Crippen molar-refractivity contribution < 1.29 is 34.0 Å². The molecule has 0 fully saturated rings. The van der Waals surface area contributed by atoms with Gasteiger partial charge in [0, 0.05) is 35.1 Å². The highest BCUT2D eigenvalue weighted by Crippen LogP contribution is 2.45. The van der Waals surface area contributed by atoms with E-state index in [1.165, 1.54) is 12.1 Å². The molecule has 0 aliphatic rings. The minimum Gasteiger partial charge on any atom is -0.493 e. The van der Waals surface area contributed by atoms with E-state index in [0.717, 1.165) is 5.56 Å². The van der Waals surface area contributed by atoms with Gasteiger partial charge in [0.25, 0.3) is 5.91 Å². The number of carboxylic acids is 1. The van der Waals surface area contributed by atoms with Crippen molar-refractivity contribution in [3.63, 3.8) is 0 Å². The van der Waals surface area contributed by atoms with E-state index in [2.05, 4.69) is 5.32 Å². The summed E-state index contributed by atoms with van der Waals surface area (Å²) in [5, 5.41) is 33.0. The molecule has 0 bridgehead atoms. The van der Waals surface area contributed by atoms with Crippen LogP contribution in [0.5, 0.6) is 5.75 Å². The molecular formula is C35H39FN2O6. The molecule has 0 unspecified atom stereocenters. The minimum atomic E-state index is -1.20. The summed E-state index contributed by atoms with van der Waals surface area (Å²) in [6, 6.07) is 22.9. The van der Waals surface area contributed by atoms with Gasteiger partial charge in [-0.15, -0.1) is 0 Å². The number of hydrogen-bond acceptors (Lipinski definition) is 5. The van der Waals surface area contributed by atoms with Gasteiger partial charge in [0.2, 0.25) is 0 Å². The normalized spacial score (nSPS) is 12.6. The Kier molecular flexibility index (Phi) is 10.9. The number of nitrogens with one attached hydrogen (secondary N) is 1. The first-order chi connectivity index (χ1) is 21.1. The largest absolute Gasteiger partial charge is 0.493 e. The van der Waals surface area contributed by atoms with E-state index in [-0.39, 0.29) is 37.8 Å². The fraction of sp³-hybridized carbons (Fsp3) is 0.314. The predicted molar refractivity (Wildman–Crippen MR) is 168 cm³/mol. The van der Waals surface area contributed by atoms with E-state index in [4.69, 9.17) is 9.84 Å². The number of nitrogens with zero attached hydrogens (tertiary/aromatic N) is 1. The van der Waals surface area contributed by atoms with Crippen LogP contribution in [0, 0.1) is 5.82 Å². The van der Waals surface area contributed by atoms with Crippen molar-refractivity contribution in [1.82, 2.24) is 4.57 Å². The molecule has 1 amide bonds. The molecule has 4 N–H and O–H groups in total. The predicted octanol–water partition coefficient (Wildman–Crippen LogP) is 6.71. The van der Waals surface area contributed by atoms with Crippen LogP contribution in [0.1, 0.15) is 62.0 Å². The molecule has 1 aromatic heterocycles. The van der Waals surface area contributed by atoms with Crippen LogP contribution in [0.4, 0.5) is 10.1 Å². The van der Waals surface area contributed by atoms with Gasteiger partial charge in [-0.25, -0.2) is 4.39 Å². The van der Waals surface area contributed by atoms with Gasteiger partial charge in [-0.2, -0.15) is 0 Å². The average molecular weight is 603 g/mol. The second kappa shape index (κ2) is 14.8. The van der Waals surface area contributed by atoms with Crippen LogP contribution in [-0.2, 0) is 11.3 Å². The summed E-state index contributed by atoms with van der Waals surface area (Å²) in [7, 11) is 0. The average Bonchev–Trinajstić information content (AvgIpc) is 3.32. The number of hydrogen-bond donors (Lipinski definition) is 4. The van der Waals surface area contributed by atoms with Crippen LogP contribution >= 0.6 is 0 Å². The van der Waals surface area contributed by atoms with Crippen molar-refractivity contribution in [3.05, 3.63) is 95.9 Å². The maximum absolute atomic E-state index is 14.5. The SMILES string of the molecule is CCOc1cc(F)ccc1-c1c(-c2ccccc2)c(C(=O)Nc2ccccc2)c(C(C)C)n1CC[C@@H](O)C[C@@H](O)CC(=O)O. The van der Waals surface area contributed by atoms with Gasteiger partial charge < -0.3 is 29.9 Å². The molecule has 4 rings (SSSR count). The Bertz CT molecular complexity index is 1570. The molecule has 44 heavy (non-hydrogen) atoms. The summed E-state index contributed by atoms with van der Waals surface area (Å²) in [5.74, 6) is -1.79. The number of carbonyl (C=O) groups excluding carboxylic acids is 1. The van der Waals surface area contributed by atoms with Crippen LogP contribution in [0.3, 0.4) is 0 Å². The van der Waals surface area contributed by atoms with E-state index in [1.807, 2.05) is 73.9 Å². The quantitative estimate of drug-likeness (QED) is 0.127. The lowest BCUT2D eigenvalue weighted by Crippen LogP contribution is -2.22. The number of aliphatic hydroxyl groups is 2. The molecule has 9 heteroatoms. The summed E-state index contributed by atoms with van der Waals surface area (Å²) in [6.45, 7) is 6.28. The summed E-state index contributed by atoms with van der Waals surface area (Å²) in [4.78, 5) is 25.3. The maximum atomic E-state index is 14.5. The Labute approximate surface area is 256 Å². The molecule has 232 valence electrons. The highest BCUT2D eigenvalue weighted by atomic mass is 19.1. The zero-order valence-corrected chi connectivity index (χ0v) is 25.2. The fourth-order valence-corrected chi connectivity index (χ4v) is 5.54. The molecule has 8 nitrogen and oxygen atoms in total. The van der Waals surface area contributed by atoms with Crippen molar-refractivity contribution in [3.8, 4) is 28.1 Å². The second-order valence-corrected chi connectivity index (χ2v) is 11.0. The number of para-hydroxylation sites is 1. The monoisotopic (exact) mass is 602 g/mol. The second-order valence-electron chi connectivity index (χ2n) is 11.0. The van der Waals surface area contributed by atoms with Crippen molar-refractivity contribution in [2.45, 2.75) is 64.7 Å². The number of aliphatic hydroxyl groups excluding tert-OH is 2. The zero-order chi connectivity index (χ0) is 31.8. The molecule has 0 radical (unpaired) electrons. The Morgan fingerprint density at radius 3 is 2.23 bits per heavy atom. The first-order valence-electron chi connectivity index (χ1n) is 14.8. The van der Waals surface area contributed by atoms with Gasteiger partial charge in [0.1, 0.15) is 11.6 Å². The van der Waals surface area contributed by atoms with Gasteiger partial charge >= 0.3 is 5.97 Å². The molecular weight excluding hydrogens is 563 g/mol. The number of carboxylic acid groups (broad SMARTS) is 1. The van der Waals surface area contributed by atoms with Crippen LogP contribution in [0.2, 0.25) is 0 Å². The number of halogens is 1. The van der Waals surface area contributed by atoms with Crippen molar-refractivity contribution in [2.75, 3.05) is 11.9 Å². The topological polar surface area (TPSA) is 121 Å². The van der Waals surface area contributed by atoms with Gasteiger partial charge in [-0.05, 0) is 55.5 Å². The number of carbonyl (C=O) groups is 2. The lowest BCUT2D eigenvalue weighted by molar-refractivity contribution is -0.139. The number of benzene rings is 3. The standard InChI is InChI=1S/C35H39FN2O6/c1-4-44-29-19-24(36)15-16-28(29)34-31(23-11-7-5-8-12-23)32(35(43)37-25-13-9-6-10-14-25)33(22(2)3)38(34)18-17-26(39)20-27(40)21-30(41)42/h5-16,19,22,26-27,39-40H,4,17-18,20-21H2,1-3H3,(H,37,43)(H,41,42)/t26-,27-/m1/s1. The molecule has 4 aromatic rings. The third-order valence-corrected chi connectivity index (χ3v) is 7.31. The Morgan fingerprint density at radius 1 is 0.955 bits per heavy atom. The molecule has 0 spiro atoms. The number of rotatable bonds is 14. The zero-order valence-electron chi connectivity index (χ0n) is 25.2. The number of ether oxygens (including phenoxy) is 1. The molecule has 0 saturated heterocycles. The summed E-state index contributed by atoms with van der Waals surface area (Å²) in [5.41, 5.74) is 4.38. The summed E-state index contributed by atoms with van der Waals surface area (Å²) < 4.78 is 22.4. The first-order valence-corrected chi connectivity index (χ1v) is 14.8. The maximum Gasteiger partial charge on any atom is 0.305 e. The third kappa shape index (κ3) is 7.72. The van der Waals surface area contributed by atoms with Gasteiger partial charge in [-0.1, -0.05) is 62.4 Å². The van der Waals surface area contributed by atoms with E-state index in [0.29, 0.717) is 39.5 Å². The molecule has 0 aliphatic heterocycles. The lowest BCUT2D eigenvalue weighted by atomic mass is 9.94. The molecule has 2 atom stereocenters. The van der Waals surface area contributed by atoms with E-state index >= 15 is 0 Å². The summed E-state index contributed by atoms with van der Waals surface area (Å²) >= 11 is 0. The Hall–Kier alpha value is -4.47. The highest BCUT2D eigenvalue weighted by molar-refractivity contribution is 6.12. The van der Waals surface area contributed by atoms with Gasteiger partial charge in [-0.3, -0.25) is 9.59 Å². The summed E-state index contributed by atoms with van der Waals surface area (Å²) in [6.07, 6.45) is -2.64. The van der Waals surface area contributed by atoms with Gasteiger partial charge in [0.15, 0.2) is 0 Å². The smallest absolute Gasteiger partial charge is 0.305 e. The highest BCUT2D eigenvalue weighted by Gasteiger charge is 2.32. The number of anilines is 1. The molecule has 0 aliphatic carbocycles. The lowest BCUT2D eigenvalue weighted by Gasteiger charge is -2.21. The van der Waals surface area contributed by atoms with Crippen LogP contribution in [0.25, 0.3) is 22.4 Å². The van der Waals surface area contributed by atoms with Gasteiger partial charge in [0.05, 0.1) is 36.5 Å². The van der Waals surface area contributed by atoms with Crippen molar-refractivity contribution in [1.29, 1.82) is 0 Å². The Balaban J connectivity index is 1.97. The van der Waals surface area contributed by atoms with E-state index in [9.17, 15) is 24.2 Å². The first kappa shape index (κ1) is 32.4. The van der Waals surface area contributed by atoms with E-state index in [1.54, 1.807) is 18.2 Å². The van der Waals surface area contributed by atoms with Crippen LogP contribution < -0.4 is 10.1 Å². The molecule has 0 saturated carbocycles. The fourth-order valence-electron chi connectivity index (χ4n) is 5.54. The number of aromatic nitrogens is 1.